The summed E-state index contributed by atoms with van der Waals surface area (Å²) in [6, 6.07) is 0. The summed E-state index contributed by atoms with van der Waals surface area (Å²) in [6.07, 6.45) is 0. The summed E-state index contributed by atoms with van der Waals surface area (Å²) in [4.78, 5) is 13.8. The van der Waals surface area contributed by atoms with Crippen LogP contribution in [0.2, 0.25) is 0 Å². The molecule has 0 aromatic rings. The lowest BCUT2D eigenvalue weighted by Gasteiger charge is -2.17. The lowest BCUT2D eigenvalue weighted by atomic mass is 10.1. The van der Waals surface area contributed by atoms with Crippen molar-refractivity contribution < 1.29 is 9.53 Å². The number of hydrogen-bond donors (Lipinski definition) is 2. The second kappa shape index (κ2) is 10.5. The zero-order valence-corrected chi connectivity index (χ0v) is 11.6. The minimum absolute atomic E-state index is 0.0271. The average molecular weight is 245 g/mol. The summed E-state index contributed by atoms with van der Waals surface area (Å²) in [5.41, 5.74) is 0. The van der Waals surface area contributed by atoms with E-state index < -0.39 is 0 Å². The molecule has 5 heteroatoms. The van der Waals surface area contributed by atoms with Gasteiger partial charge >= 0.3 is 0 Å². The highest BCUT2D eigenvalue weighted by Gasteiger charge is 2.11. The van der Waals surface area contributed by atoms with Crippen molar-refractivity contribution in [1.29, 1.82) is 0 Å². The number of likely N-dealkylation sites (N-methyl/N-ethyl adjacent to an activating group) is 1. The Morgan fingerprint density at radius 3 is 2.71 bits per heavy atom. The summed E-state index contributed by atoms with van der Waals surface area (Å²) in [7, 11) is 3.71. The Morgan fingerprint density at radius 2 is 2.12 bits per heavy atom. The van der Waals surface area contributed by atoms with E-state index in [1.807, 2.05) is 20.9 Å². The quantitative estimate of drug-likeness (QED) is 0.565. The normalized spacial score (nSPS) is 12.8. The molecule has 17 heavy (non-hydrogen) atoms. The van der Waals surface area contributed by atoms with Gasteiger partial charge in [-0.3, -0.25) is 4.79 Å². The van der Waals surface area contributed by atoms with E-state index in [1.165, 1.54) is 0 Å². The van der Waals surface area contributed by atoms with Crippen LogP contribution in [0.1, 0.15) is 13.8 Å². The lowest BCUT2D eigenvalue weighted by molar-refractivity contribution is -0.124. The van der Waals surface area contributed by atoms with Crippen LogP contribution in [0, 0.1) is 5.92 Å². The van der Waals surface area contributed by atoms with Crippen LogP contribution in [0.25, 0.3) is 0 Å². The van der Waals surface area contributed by atoms with E-state index in [0.29, 0.717) is 6.54 Å². The van der Waals surface area contributed by atoms with Crippen LogP contribution >= 0.6 is 0 Å². The number of hydrogen-bond acceptors (Lipinski definition) is 4. The summed E-state index contributed by atoms with van der Waals surface area (Å²) in [6.45, 7) is 8.76. The predicted octanol–water partition coefficient (Wildman–Crippen LogP) is -0.0736. The monoisotopic (exact) mass is 245 g/mol. The minimum Gasteiger partial charge on any atom is -0.383 e. The summed E-state index contributed by atoms with van der Waals surface area (Å²) >= 11 is 0. The Balaban J connectivity index is 3.55. The van der Waals surface area contributed by atoms with Crippen LogP contribution < -0.4 is 10.6 Å². The van der Waals surface area contributed by atoms with Gasteiger partial charge in [0, 0.05) is 39.2 Å². The van der Waals surface area contributed by atoms with Crippen molar-refractivity contribution in [3.63, 3.8) is 0 Å². The molecule has 0 heterocycles. The third kappa shape index (κ3) is 9.09. The number of nitrogens with zero attached hydrogens (tertiary/aromatic N) is 1. The van der Waals surface area contributed by atoms with Crippen molar-refractivity contribution in [3.8, 4) is 0 Å². The molecule has 0 saturated carbocycles. The van der Waals surface area contributed by atoms with E-state index in [2.05, 4.69) is 15.5 Å². The zero-order valence-electron chi connectivity index (χ0n) is 11.6. The van der Waals surface area contributed by atoms with Crippen LogP contribution in [-0.4, -0.2) is 64.3 Å². The minimum atomic E-state index is 0.0271. The van der Waals surface area contributed by atoms with Gasteiger partial charge in [0.2, 0.25) is 5.91 Å². The summed E-state index contributed by atoms with van der Waals surface area (Å²) in [5, 5.41) is 6.11. The molecule has 2 N–H and O–H groups in total. The van der Waals surface area contributed by atoms with Gasteiger partial charge < -0.3 is 20.3 Å². The molecule has 0 rings (SSSR count). The molecule has 0 fully saturated rings. The highest BCUT2D eigenvalue weighted by Crippen LogP contribution is 1.92. The van der Waals surface area contributed by atoms with Crippen molar-refractivity contribution in [2.24, 2.45) is 5.92 Å². The molecule has 0 radical (unpaired) electrons. The van der Waals surface area contributed by atoms with Crippen LogP contribution in [0.3, 0.4) is 0 Å². The van der Waals surface area contributed by atoms with Gasteiger partial charge in [-0.1, -0.05) is 13.8 Å². The fourth-order valence-electron chi connectivity index (χ4n) is 1.36. The third-order valence-electron chi connectivity index (χ3n) is 2.62. The van der Waals surface area contributed by atoms with Crippen LogP contribution in [0.4, 0.5) is 0 Å². The number of methoxy groups -OCH3 is 1. The number of carbonyl (C=O) groups is 1. The van der Waals surface area contributed by atoms with E-state index in [4.69, 9.17) is 4.74 Å². The summed E-state index contributed by atoms with van der Waals surface area (Å²) in [5.74, 6) is 0.144. The molecule has 0 aliphatic heterocycles. The van der Waals surface area contributed by atoms with E-state index in [9.17, 15) is 4.79 Å². The largest absolute Gasteiger partial charge is 0.383 e. The Labute approximate surface area is 105 Å². The van der Waals surface area contributed by atoms with Gasteiger partial charge in [0.15, 0.2) is 0 Å². The molecular formula is C12H27N3O2. The maximum absolute atomic E-state index is 11.7. The van der Waals surface area contributed by atoms with Crippen LogP contribution in [-0.2, 0) is 9.53 Å². The fourth-order valence-corrected chi connectivity index (χ4v) is 1.36. The van der Waals surface area contributed by atoms with Crippen molar-refractivity contribution in [2.45, 2.75) is 13.8 Å². The van der Waals surface area contributed by atoms with Gasteiger partial charge in [-0.15, -0.1) is 0 Å². The predicted molar refractivity (Wildman–Crippen MR) is 70.1 cm³/mol. The SMILES string of the molecule is CCNCC(C)C(=O)NCCN(C)CCOC. The smallest absolute Gasteiger partial charge is 0.224 e. The number of amides is 1. The van der Waals surface area contributed by atoms with Crippen molar-refractivity contribution in [1.82, 2.24) is 15.5 Å². The van der Waals surface area contributed by atoms with Crippen LogP contribution in [0.15, 0.2) is 0 Å². The van der Waals surface area contributed by atoms with Crippen molar-refractivity contribution in [2.75, 3.05) is 53.5 Å². The molecule has 1 atom stereocenters. The first-order chi connectivity index (χ1) is 8.11. The third-order valence-corrected chi connectivity index (χ3v) is 2.62. The lowest BCUT2D eigenvalue weighted by Crippen LogP contribution is -2.39. The van der Waals surface area contributed by atoms with Crippen LogP contribution in [0.5, 0.6) is 0 Å². The van der Waals surface area contributed by atoms with E-state index >= 15 is 0 Å². The number of rotatable bonds is 10. The Kier molecular flexibility index (Phi) is 10.1. The topological polar surface area (TPSA) is 53.6 Å². The number of carbonyl (C=O) groups excluding carboxylic acids is 1. The maximum atomic E-state index is 11.7. The standard InChI is InChI=1S/C12H27N3O2/c1-5-13-10-11(2)12(16)14-6-7-15(3)8-9-17-4/h11,13H,5-10H2,1-4H3,(H,14,16). The first-order valence-corrected chi connectivity index (χ1v) is 6.27. The highest BCUT2D eigenvalue weighted by molar-refractivity contribution is 5.78. The summed E-state index contributed by atoms with van der Waals surface area (Å²) < 4.78 is 4.99. The van der Waals surface area contributed by atoms with Gasteiger partial charge in [0.05, 0.1) is 6.61 Å². The number of ether oxygens (including phenoxy) is 1. The maximum Gasteiger partial charge on any atom is 0.224 e. The van der Waals surface area contributed by atoms with Gasteiger partial charge in [-0.25, -0.2) is 0 Å². The van der Waals surface area contributed by atoms with E-state index in [1.54, 1.807) is 7.11 Å². The molecule has 0 bridgehead atoms. The fraction of sp³-hybridized carbons (Fsp3) is 0.917. The zero-order chi connectivity index (χ0) is 13.1. The van der Waals surface area contributed by atoms with Crippen molar-refractivity contribution >= 4 is 5.91 Å². The first-order valence-electron chi connectivity index (χ1n) is 6.27. The van der Waals surface area contributed by atoms with Gasteiger partial charge in [0.1, 0.15) is 0 Å². The Morgan fingerprint density at radius 1 is 1.41 bits per heavy atom. The first kappa shape index (κ1) is 16.4. The highest BCUT2D eigenvalue weighted by atomic mass is 16.5. The molecule has 0 aliphatic rings. The van der Waals surface area contributed by atoms with Crippen molar-refractivity contribution in [3.05, 3.63) is 0 Å². The Hall–Kier alpha value is -0.650. The second-order valence-electron chi connectivity index (χ2n) is 4.30. The molecule has 5 nitrogen and oxygen atoms in total. The average Bonchev–Trinajstić information content (AvgIpc) is 2.33. The molecular weight excluding hydrogens is 218 g/mol. The molecule has 0 aromatic heterocycles. The molecule has 0 aliphatic carbocycles. The van der Waals surface area contributed by atoms with E-state index in [0.717, 1.165) is 32.8 Å². The number of nitrogens with one attached hydrogen (secondary N) is 2. The van der Waals surface area contributed by atoms with Gasteiger partial charge in [-0.2, -0.15) is 0 Å². The van der Waals surface area contributed by atoms with Gasteiger partial charge in [-0.05, 0) is 13.6 Å². The second-order valence-corrected chi connectivity index (χ2v) is 4.30. The van der Waals surface area contributed by atoms with E-state index in [-0.39, 0.29) is 11.8 Å². The van der Waals surface area contributed by atoms with Gasteiger partial charge in [0.25, 0.3) is 0 Å². The molecule has 1 unspecified atom stereocenters. The molecule has 0 spiro atoms. The molecule has 1 amide bonds. The molecule has 0 aromatic carbocycles. The Bertz CT molecular complexity index is 200. The molecule has 0 saturated heterocycles. The molecule has 102 valence electrons.